The molecule has 0 unspecified atom stereocenters. The Balaban J connectivity index is 2.78. The van der Waals surface area contributed by atoms with Gasteiger partial charge in [0, 0.05) is 20.1 Å². The van der Waals surface area contributed by atoms with Crippen molar-refractivity contribution in [2.75, 3.05) is 26.6 Å². The zero-order valence-electron chi connectivity index (χ0n) is 7.66. The molecule has 1 heterocycles. The van der Waals surface area contributed by atoms with E-state index in [1.54, 1.807) is 0 Å². The molecule has 0 N–H and O–H groups in total. The Morgan fingerprint density at radius 1 is 1.29 bits per heavy atom. The van der Waals surface area contributed by atoms with Crippen LogP contribution in [0.15, 0.2) is 0 Å². The van der Waals surface area contributed by atoms with Crippen LogP contribution >= 0.6 is 0 Å². The fraction of sp³-hybridized carbons (Fsp3) is 1.00. The Bertz CT molecular complexity index is 305. The van der Waals surface area contributed by atoms with Crippen LogP contribution in [0.4, 0.5) is 12.9 Å². The molecule has 4 nitrogen and oxygen atoms in total. The first-order valence-corrected chi connectivity index (χ1v) is 5.55. The summed E-state index contributed by atoms with van der Waals surface area (Å²) in [6.07, 6.45) is -0.908. The van der Waals surface area contributed by atoms with Gasteiger partial charge in [-0.15, -0.1) is 0 Å². The lowest BCUT2D eigenvalue weighted by Gasteiger charge is -2.35. The van der Waals surface area contributed by atoms with Gasteiger partial charge in [0.2, 0.25) is 0 Å². The topological polar surface area (TPSA) is 40.6 Å². The Morgan fingerprint density at radius 2 is 1.86 bits per heavy atom. The molecule has 0 radical (unpaired) electrons. The van der Waals surface area contributed by atoms with Gasteiger partial charge in [-0.05, 0) is 12.9 Å². The molecule has 0 spiro atoms. The third-order valence-electron chi connectivity index (χ3n) is 2.01. The number of hydrogen-bond donors (Lipinski definition) is 0. The zero-order valence-corrected chi connectivity index (χ0v) is 8.48. The van der Waals surface area contributed by atoms with Gasteiger partial charge in [0.1, 0.15) is 0 Å². The number of halogens is 3. The minimum absolute atomic E-state index is 0.0477. The predicted octanol–water partition coefficient (Wildman–Crippen LogP) is 0.255. The summed E-state index contributed by atoms with van der Waals surface area (Å²) >= 11 is 0. The minimum atomic E-state index is -5.09. The van der Waals surface area contributed by atoms with Crippen molar-refractivity contribution >= 4 is 17.2 Å². The summed E-state index contributed by atoms with van der Waals surface area (Å²) in [6, 6.07) is 0. The molecule has 0 bridgehead atoms. The largest absolute Gasteiger partial charge is 0.493 e. The van der Waals surface area contributed by atoms with Gasteiger partial charge in [-0.1, -0.05) is 0 Å². The standard InChI is InChI=1S/C5H11BF3N2O2S/c1-10-3-2-4-11(14(10,12)13)5-6(7,8)9/h2-5H2,1H3/q-1. The van der Waals surface area contributed by atoms with Crippen LogP contribution < -0.4 is 0 Å². The van der Waals surface area contributed by atoms with E-state index in [2.05, 4.69) is 0 Å². The van der Waals surface area contributed by atoms with E-state index in [4.69, 9.17) is 0 Å². The van der Waals surface area contributed by atoms with Crippen LogP contribution in [0, 0.1) is 0 Å². The summed E-state index contributed by atoms with van der Waals surface area (Å²) in [5.74, 6) is 0. The first kappa shape index (κ1) is 11.8. The van der Waals surface area contributed by atoms with Gasteiger partial charge in [0.05, 0.1) is 0 Å². The lowest BCUT2D eigenvalue weighted by molar-refractivity contribution is 0.306. The molecule has 0 aromatic carbocycles. The van der Waals surface area contributed by atoms with Crippen LogP contribution in [0.3, 0.4) is 0 Å². The fourth-order valence-corrected chi connectivity index (χ4v) is 2.79. The highest BCUT2D eigenvalue weighted by Crippen LogP contribution is 2.19. The molecule has 0 aliphatic carbocycles. The van der Waals surface area contributed by atoms with Gasteiger partial charge in [0.25, 0.3) is 10.2 Å². The molecular formula is C5H11BF3N2O2S-. The molecule has 0 amide bonds. The quantitative estimate of drug-likeness (QED) is 0.639. The van der Waals surface area contributed by atoms with Gasteiger partial charge in [0.15, 0.2) is 0 Å². The van der Waals surface area contributed by atoms with Crippen LogP contribution in [-0.4, -0.2) is 50.6 Å². The Kier molecular flexibility index (Phi) is 3.12. The second kappa shape index (κ2) is 3.71. The minimum Gasteiger partial charge on any atom is -0.448 e. The summed E-state index contributed by atoms with van der Waals surface area (Å²) in [4.78, 5) is 0. The zero-order chi connectivity index (χ0) is 11.0. The summed E-state index contributed by atoms with van der Waals surface area (Å²) in [5, 5.41) is 0. The van der Waals surface area contributed by atoms with Gasteiger partial charge >= 0.3 is 6.98 Å². The lowest BCUT2D eigenvalue weighted by atomic mass is 9.92. The third-order valence-corrected chi connectivity index (χ3v) is 3.97. The predicted molar refractivity (Wildman–Crippen MR) is 46.8 cm³/mol. The molecule has 9 heteroatoms. The smallest absolute Gasteiger partial charge is 0.448 e. The highest BCUT2D eigenvalue weighted by Gasteiger charge is 2.36. The molecular weight excluding hydrogens is 220 g/mol. The van der Waals surface area contributed by atoms with E-state index in [-0.39, 0.29) is 13.1 Å². The SMILES string of the molecule is CN1CCCN(C[B-](F)(F)F)S1(=O)=O. The summed E-state index contributed by atoms with van der Waals surface area (Å²) < 4.78 is 60.3. The molecule has 14 heavy (non-hydrogen) atoms. The van der Waals surface area contributed by atoms with Gasteiger partial charge in [-0.2, -0.15) is 12.7 Å². The molecule has 0 saturated carbocycles. The fourth-order valence-electron chi connectivity index (χ4n) is 1.31. The monoisotopic (exact) mass is 231 g/mol. The number of rotatable bonds is 2. The second-order valence-corrected chi connectivity index (χ2v) is 5.29. The molecule has 1 saturated heterocycles. The lowest BCUT2D eigenvalue weighted by Crippen LogP contribution is -2.52. The average molecular weight is 231 g/mol. The third kappa shape index (κ3) is 2.61. The molecule has 1 aliphatic rings. The van der Waals surface area contributed by atoms with Crippen molar-refractivity contribution < 1.29 is 21.4 Å². The van der Waals surface area contributed by atoms with E-state index < -0.39 is 23.6 Å². The van der Waals surface area contributed by atoms with Crippen molar-refractivity contribution in [1.29, 1.82) is 0 Å². The Morgan fingerprint density at radius 3 is 2.36 bits per heavy atom. The maximum Gasteiger partial charge on any atom is 0.493 e. The van der Waals surface area contributed by atoms with Gasteiger partial charge in [-0.25, -0.2) is 4.31 Å². The van der Waals surface area contributed by atoms with Crippen molar-refractivity contribution in [1.82, 2.24) is 8.61 Å². The highest BCUT2D eigenvalue weighted by atomic mass is 32.2. The van der Waals surface area contributed by atoms with Crippen molar-refractivity contribution in [3.8, 4) is 0 Å². The van der Waals surface area contributed by atoms with E-state index in [0.29, 0.717) is 10.7 Å². The van der Waals surface area contributed by atoms with E-state index in [0.717, 1.165) is 4.31 Å². The molecule has 0 atom stereocenters. The van der Waals surface area contributed by atoms with Crippen molar-refractivity contribution in [3.63, 3.8) is 0 Å². The first-order valence-electron chi connectivity index (χ1n) is 4.16. The molecule has 84 valence electrons. The van der Waals surface area contributed by atoms with Crippen LogP contribution in [0.25, 0.3) is 0 Å². The summed E-state index contributed by atoms with van der Waals surface area (Å²) in [7, 11) is -2.59. The maximum absolute atomic E-state index is 12.0. The summed E-state index contributed by atoms with van der Waals surface area (Å²) in [6.45, 7) is -4.86. The van der Waals surface area contributed by atoms with E-state index in [9.17, 15) is 21.4 Å². The van der Waals surface area contributed by atoms with Crippen LogP contribution in [0.5, 0.6) is 0 Å². The maximum atomic E-state index is 12.0. The van der Waals surface area contributed by atoms with Crippen LogP contribution in [0.1, 0.15) is 6.42 Å². The molecule has 0 aromatic rings. The average Bonchev–Trinajstić information content (AvgIpc) is 1.97. The molecule has 0 aromatic heterocycles. The molecule has 1 rings (SSSR count). The van der Waals surface area contributed by atoms with Crippen molar-refractivity contribution in [2.24, 2.45) is 0 Å². The number of hydrogen-bond acceptors (Lipinski definition) is 2. The highest BCUT2D eigenvalue weighted by molar-refractivity contribution is 7.86. The normalized spacial score (nSPS) is 25.1. The first-order chi connectivity index (χ1) is 6.23. The van der Waals surface area contributed by atoms with Crippen LogP contribution in [-0.2, 0) is 10.2 Å². The number of nitrogens with zero attached hydrogens (tertiary/aromatic N) is 2. The van der Waals surface area contributed by atoms with E-state index in [1.165, 1.54) is 7.05 Å². The summed E-state index contributed by atoms with van der Waals surface area (Å²) in [5.41, 5.74) is 0. The molecule has 1 fully saturated rings. The van der Waals surface area contributed by atoms with Crippen molar-refractivity contribution in [3.05, 3.63) is 0 Å². The van der Waals surface area contributed by atoms with E-state index >= 15 is 0 Å². The van der Waals surface area contributed by atoms with Crippen LogP contribution in [0.2, 0.25) is 0 Å². The second-order valence-electron chi connectivity index (χ2n) is 3.25. The van der Waals surface area contributed by atoms with Gasteiger partial charge in [-0.3, -0.25) is 0 Å². The Hall–Kier alpha value is -0.275. The van der Waals surface area contributed by atoms with E-state index in [1.807, 2.05) is 0 Å². The Labute approximate surface area is 80.9 Å². The van der Waals surface area contributed by atoms with Gasteiger partial charge < -0.3 is 12.9 Å². The van der Waals surface area contributed by atoms with Crippen molar-refractivity contribution in [2.45, 2.75) is 6.42 Å². The molecule has 1 aliphatic heterocycles.